The van der Waals surface area contributed by atoms with Crippen LogP contribution in [0.3, 0.4) is 0 Å². The average molecular weight is 455 g/mol. The van der Waals surface area contributed by atoms with Crippen molar-refractivity contribution in [2.24, 2.45) is 0 Å². The standard InChI is InChI=1S/C14H9Br3F2/c15-7-8-1-2-9(18)5-12(8)13-6-10(19)3-4-11(13)14(16)17/h1-6,14H,7H2. The van der Waals surface area contributed by atoms with Crippen LogP contribution in [0.15, 0.2) is 36.4 Å². The van der Waals surface area contributed by atoms with Crippen molar-refractivity contribution in [3.8, 4) is 11.1 Å². The van der Waals surface area contributed by atoms with Crippen LogP contribution in [0.25, 0.3) is 11.1 Å². The first-order valence-corrected chi connectivity index (χ1v) is 8.40. The van der Waals surface area contributed by atoms with Crippen molar-refractivity contribution in [3.05, 3.63) is 59.2 Å². The largest absolute Gasteiger partial charge is 0.207 e. The molecule has 0 bridgehead atoms. The number of rotatable bonds is 3. The maximum atomic E-state index is 13.5. The van der Waals surface area contributed by atoms with Gasteiger partial charge in [-0.05, 0) is 46.5 Å². The summed E-state index contributed by atoms with van der Waals surface area (Å²) in [6.45, 7) is 0. The SMILES string of the molecule is Fc1ccc(CBr)c(-c2cc(F)ccc2C(Br)Br)c1. The van der Waals surface area contributed by atoms with Crippen molar-refractivity contribution in [1.29, 1.82) is 0 Å². The Labute approximate surface area is 135 Å². The van der Waals surface area contributed by atoms with E-state index in [0.717, 1.165) is 11.1 Å². The molecule has 0 aliphatic rings. The predicted molar refractivity (Wildman–Crippen MR) is 85.0 cm³/mol. The van der Waals surface area contributed by atoms with E-state index in [1.165, 1.54) is 24.3 Å². The second-order valence-electron chi connectivity index (χ2n) is 3.97. The summed E-state index contributed by atoms with van der Waals surface area (Å²) in [7, 11) is 0. The van der Waals surface area contributed by atoms with Gasteiger partial charge in [0, 0.05) is 5.33 Å². The highest BCUT2D eigenvalue weighted by Gasteiger charge is 2.15. The average Bonchev–Trinajstić information content (AvgIpc) is 2.38. The maximum absolute atomic E-state index is 13.5. The Bertz CT molecular complexity index is 597. The molecule has 100 valence electrons. The Morgan fingerprint density at radius 2 is 1.47 bits per heavy atom. The van der Waals surface area contributed by atoms with Crippen LogP contribution >= 0.6 is 47.8 Å². The van der Waals surface area contributed by atoms with Crippen molar-refractivity contribution >= 4 is 47.8 Å². The second-order valence-corrected chi connectivity index (χ2v) is 7.59. The molecule has 2 rings (SSSR count). The molecule has 0 nitrogen and oxygen atoms in total. The van der Waals surface area contributed by atoms with Crippen LogP contribution in [0.1, 0.15) is 14.9 Å². The molecule has 2 aromatic carbocycles. The summed E-state index contributed by atoms with van der Waals surface area (Å²) < 4.78 is 26.8. The van der Waals surface area contributed by atoms with E-state index in [0.29, 0.717) is 16.5 Å². The van der Waals surface area contributed by atoms with Gasteiger partial charge in [0.1, 0.15) is 11.6 Å². The van der Waals surface area contributed by atoms with Crippen LogP contribution in [0.2, 0.25) is 0 Å². The third-order valence-corrected chi connectivity index (χ3v) is 4.35. The molecule has 0 unspecified atom stereocenters. The van der Waals surface area contributed by atoms with E-state index in [9.17, 15) is 8.78 Å². The van der Waals surface area contributed by atoms with Gasteiger partial charge in [-0.2, -0.15) is 0 Å². The Hall–Kier alpha value is -0.260. The summed E-state index contributed by atoms with van der Waals surface area (Å²) in [5.41, 5.74) is 3.13. The molecule has 0 fully saturated rings. The fraction of sp³-hybridized carbons (Fsp3) is 0.143. The number of hydrogen-bond acceptors (Lipinski definition) is 0. The fourth-order valence-corrected chi connectivity index (χ4v) is 3.16. The molecule has 0 heterocycles. The Balaban J connectivity index is 2.70. The summed E-state index contributed by atoms with van der Waals surface area (Å²) in [6, 6.07) is 9.02. The summed E-state index contributed by atoms with van der Waals surface area (Å²) in [4.78, 5) is 0. The van der Waals surface area contributed by atoms with Crippen molar-refractivity contribution in [2.45, 2.75) is 9.07 Å². The molecule has 0 saturated carbocycles. The number of halogens is 5. The van der Waals surface area contributed by atoms with Gasteiger partial charge in [0.2, 0.25) is 0 Å². The predicted octanol–water partition coefficient (Wildman–Crippen LogP) is 6.32. The zero-order valence-corrected chi connectivity index (χ0v) is 14.4. The number of hydrogen-bond donors (Lipinski definition) is 0. The molecule has 0 N–H and O–H groups in total. The fourth-order valence-electron chi connectivity index (χ4n) is 1.87. The van der Waals surface area contributed by atoms with Crippen molar-refractivity contribution in [3.63, 3.8) is 0 Å². The minimum Gasteiger partial charge on any atom is -0.207 e. The van der Waals surface area contributed by atoms with E-state index in [1.54, 1.807) is 12.1 Å². The van der Waals surface area contributed by atoms with E-state index in [4.69, 9.17) is 0 Å². The Morgan fingerprint density at radius 1 is 0.895 bits per heavy atom. The minimum absolute atomic E-state index is 0.123. The van der Waals surface area contributed by atoms with Gasteiger partial charge in [0.25, 0.3) is 0 Å². The van der Waals surface area contributed by atoms with E-state index < -0.39 is 0 Å². The van der Waals surface area contributed by atoms with Crippen LogP contribution in [0, 0.1) is 11.6 Å². The molecule has 0 aromatic heterocycles. The first kappa shape index (κ1) is 15.1. The lowest BCUT2D eigenvalue weighted by Crippen LogP contribution is -1.94. The van der Waals surface area contributed by atoms with E-state index in [1.807, 2.05) is 0 Å². The van der Waals surface area contributed by atoms with Gasteiger partial charge in [0.15, 0.2) is 0 Å². The lowest BCUT2D eigenvalue weighted by Gasteiger charge is -2.14. The van der Waals surface area contributed by atoms with Crippen molar-refractivity contribution < 1.29 is 8.78 Å². The molecule has 0 radical (unpaired) electrons. The van der Waals surface area contributed by atoms with Gasteiger partial charge in [-0.1, -0.05) is 59.9 Å². The molecule has 19 heavy (non-hydrogen) atoms. The lowest BCUT2D eigenvalue weighted by molar-refractivity contribution is 0.625. The zero-order chi connectivity index (χ0) is 14.0. The number of alkyl halides is 3. The molecule has 0 saturated heterocycles. The van der Waals surface area contributed by atoms with Crippen LogP contribution in [-0.4, -0.2) is 0 Å². The third kappa shape index (κ3) is 3.44. The molecule has 0 aliphatic carbocycles. The van der Waals surface area contributed by atoms with E-state index >= 15 is 0 Å². The van der Waals surface area contributed by atoms with Crippen LogP contribution in [0.4, 0.5) is 8.78 Å². The first-order valence-electron chi connectivity index (χ1n) is 5.45. The van der Waals surface area contributed by atoms with Gasteiger partial charge in [-0.15, -0.1) is 0 Å². The minimum atomic E-state index is -0.343. The maximum Gasteiger partial charge on any atom is 0.123 e. The van der Waals surface area contributed by atoms with Gasteiger partial charge >= 0.3 is 0 Å². The van der Waals surface area contributed by atoms with Crippen molar-refractivity contribution in [1.82, 2.24) is 0 Å². The lowest BCUT2D eigenvalue weighted by atomic mass is 9.96. The van der Waals surface area contributed by atoms with Crippen molar-refractivity contribution in [2.75, 3.05) is 0 Å². The molecule has 2 aromatic rings. The summed E-state index contributed by atoms with van der Waals surface area (Å²) in [5.74, 6) is -0.681. The summed E-state index contributed by atoms with van der Waals surface area (Å²) >= 11 is 10.2. The summed E-state index contributed by atoms with van der Waals surface area (Å²) in [5, 5.41) is 0.577. The highest BCUT2D eigenvalue weighted by molar-refractivity contribution is 9.24. The molecular formula is C14H9Br3F2. The highest BCUT2D eigenvalue weighted by Crippen LogP contribution is 2.38. The molecule has 0 spiro atoms. The third-order valence-electron chi connectivity index (χ3n) is 2.76. The zero-order valence-electron chi connectivity index (χ0n) is 9.64. The molecular weight excluding hydrogens is 446 g/mol. The quantitative estimate of drug-likeness (QED) is 0.476. The normalized spacial score (nSPS) is 11.1. The molecule has 0 aliphatic heterocycles. The summed E-state index contributed by atoms with van der Waals surface area (Å²) in [6.07, 6.45) is 0. The van der Waals surface area contributed by atoms with Gasteiger partial charge in [0.05, 0.1) is 3.74 Å². The molecule has 0 amide bonds. The first-order chi connectivity index (χ1) is 9.02. The van der Waals surface area contributed by atoms with Crippen LogP contribution in [0.5, 0.6) is 0 Å². The van der Waals surface area contributed by atoms with Gasteiger partial charge < -0.3 is 0 Å². The smallest absolute Gasteiger partial charge is 0.123 e. The van der Waals surface area contributed by atoms with Crippen LogP contribution in [-0.2, 0) is 5.33 Å². The van der Waals surface area contributed by atoms with Gasteiger partial charge in [-0.3, -0.25) is 0 Å². The van der Waals surface area contributed by atoms with E-state index in [-0.39, 0.29) is 15.4 Å². The second kappa shape index (κ2) is 6.46. The molecule has 5 heteroatoms. The molecule has 0 atom stereocenters. The monoisotopic (exact) mass is 452 g/mol. The highest BCUT2D eigenvalue weighted by atomic mass is 79.9. The van der Waals surface area contributed by atoms with Crippen LogP contribution < -0.4 is 0 Å². The van der Waals surface area contributed by atoms with Gasteiger partial charge in [-0.25, -0.2) is 8.78 Å². The topological polar surface area (TPSA) is 0 Å². The number of benzene rings is 2. The Kier molecular flexibility index (Phi) is 5.15. The van der Waals surface area contributed by atoms with E-state index in [2.05, 4.69) is 47.8 Å². The Morgan fingerprint density at radius 3 is 2.05 bits per heavy atom.